The minimum Gasteiger partial charge on any atom is -0.383 e. The highest BCUT2D eigenvalue weighted by Gasteiger charge is 2.21. The number of benzene rings is 2. The first-order chi connectivity index (χ1) is 11.7. The molecule has 0 atom stereocenters. The van der Waals surface area contributed by atoms with E-state index in [-0.39, 0.29) is 12.4 Å². The average Bonchev–Trinajstić information content (AvgIpc) is 2.62. The third-order valence-corrected chi connectivity index (χ3v) is 4.70. The van der Waals surface area contributed by atoms with Crippen LogP contribution in [0, 0.1) is 0 Å². The summed E-state index contributed by atoms with van der Waals surface area (Å²) in [6.07, 6.45) is 0. The first-order valence-electron chi connectivity index (χ1n) is 7.99. The fourth-order valence-corrected chi connectivity index (χ4v) is 3.34. The zero-order valence-electron chi connectivity index (χ0n) is 13.6. The molecule has 2 heterocycles. The fraction of sp³-hybridized carbons (Fsp3) is 0.222. The summed E-state index contributed by atoms with van der Waals surface area (Å²) >= 11 is 6.30. The van der Waals surface area contributed by atoms with Crippen molar-refractivity contribution in [2.75, 3.05) is 41.7 Å². The van der Waals surface area contributed by atoms with Crippen LogP contribution in [0.15, 0.2) is 48.5 Å². The van der Waals surface area contributed by atoms with Crippen molar-refractivity contribution in [2.45, 2.75) is 0 Å². The summed E-state index contributed by atoms with van der Waals surface area (Å²) in [7, 11) is 0. The van der Waals surface area contributed by atoms with Gasteiger partial charge in [0.1, 0.15) is 5.82 Å². The molecule has 0 saturated carbocycles. The second kappa shape index (κ2) is 7.33. The van der Waals surface area contributed by atoms with Crippen molar-refractivity contribution in [3.8, 4) is 0 Å². The molecule has 2 aromatic carbocycles. The number of hydrogen-bond donors (Lipinski definition) is 1. The highest BCUT2D eigenvalue weighted by molar-refractivity contribution is 6.33. The summed E-state index contributed by atoms with van der Waals surface area (Å²) in [6, 6.07) is 15.8. The van der Waals surface area contributed by atoms with Crippen molar-refractivity contribution in [2.24, 2.45) is 0 Å². The minimum absolute atomic E-state index is 0. The third kappa shape index (κ3) is 3.43. The maximum atomic E-state index is 6.30. The van der Waals surface area contributed by atoms with Crippen LogP contribution in [0.1, 0.15) is 0 Å². The van der Waals surface area contributed by atoms with E-state index >= 15 is 0 Å². The van der Waals surface area contributed by atoms with E-state index in [0.29, 0.717) is 11.8 Å². The van der Waals surface area contributed by atoms with E-state index in [4.69, 9.17) is 17.3 Å². The normalized spacial score (nSPS) is 14.4. The van der Waals surface area contributed by atoms with E-state index in [0.717, 1.165) is 47.8 Å². The number of halogens is 2. The number of nitrogen functional groups attached to an aromatic ring is 1. The molecule has 0 unspecified atom stereocenters. The zero-order chi connectivity index (χ0) is 16.5. The number of nitrogens with zero attached hydrogens (tertiary/aromatic N) is 4. The van der Waals surface area contributed by atoms with Gasteiger partial charge < -0.3 is 15.5 Å². The van der Waals surface area contributed by atoms with Gasteiger partial charge in [-0.1, -0.05) is 35.9 Å². The van der Waals surface area contributed by atoms with Crippen molar-refractivity contribution in [3.05, 3.63) is 53.6 Å². The molecule has 0 spiro atoms. The van der Waals surface area contributed by atoms with Gasteiger partial charge in [0.2, 0.25) is 5.95 Å². The van der Waals surface area contributed by atoms with E-state index in [2.05, 4.69) is 25.8 Å². The van der Waals surface area contributed by atoms with Gasteiger partial charge in [0, 0.05) is 31.6 Å². The molecule has 0 amide bonds. The Kier molecular flexibility index (Phi) is 5.16. The number of aromatic nitrogens is 2. The fourth-order valence-electron chi connectivity index (χ4n) is 3.09. The van der Waals surface area contributed by atoms with Crippen LogP contribution in [-0.2, 0) is 0 Å². The Morgan fingerprint density at radius 1 is 0.840 bits per heavy atom. The number of rotatable bonds is 2. The Morgan fingerprint density at radius 3 is 2.24 bits per heavy atom. The number of piperazine rings is 1. The van der Waals surface area contributed by atoms with Crippen LogP contribution in [0.2, 0.25) is 5.02 Å². The molecule has 2 N–H and O–H groups in total. The van der Waals surface area contributed by atoms with Gasteiger partial charge in [-0.15, -0.1) is 12.4 Å². The molecule has 0 radical (unpaired) electrons. The summed E-state index contributed by atoms with van der Waals surface area (Å²) in [5.74, 6) is 1.23. The van der Waals surface area contributed by atoms with Gasteiger partial charge in [0.15, 0.2) is 0 Å². The number of hydrogen-bond acceptors (Lipinski definition) is 5. The Balaban J connectivity index is 0.00000182. The van der Waals surface area contributed by atoms with Gasteiger partial charge in [-0.3, -0.25) is 0 Å². The van der Waals surface area contributed by atoms with Crippen molar-refractivity contribution in [1.29, 1.82) is 0 Å². The molecule has 1 saturated heterocycles. The monoisotopic (exact) mass is 375 g/mol. The first kappa shape index (κ1) is 17.6. The van der Waals surface area contributed by atoms with Crippen molar-refractivity contribution >= 4 is 52.4 Å². The molecule has 1 aromatic heterocycles. The highest BCUT2D eigenvalue weighted by Crippen LogP contribution is 2.27. The van der Waals surface area contributed by atoms with E-state index in [1.165, 1.54) is 0 Å². The number of anilines is 3. The second-order valence-electron chi connectivity index (χ2n) is 5.85. The number of fused-ring (bicyclic) bond motifs is 1. The number of nitrogens with two attached hydrogens (primary N) is 1. The largest absolute Gasteiger partial charge is 0.383 e. The van der Waals surface area contributed by atoms with Crippen LogP contribution < -0.4 is 15.5 Å². The smallest absolute Gasteiger partial charge is 0.228 e. The van der Waals surface area contributed by atoms with E-state index in [9.17, 15) is 0 Å². The minimum atomic E-state index is 0. The van der Waals surface area contributed by atoms with Crippen LogP contribution in [0.4, 0.5) is 17.5 Å². The molecule has 0 bridgehead atoms. The van der Waals surface area contributed by atoms with Gasteiger partial charge in [0.25, 0.3) is 0 Å². The lowest BCUT2D eigenvalue weighted by atomic mass is 10.2. The molecule has 25 heavy (non-hydrogen) atoms. The van der Waals surface area contributed by atoms with Gasteiger partial charge in [-0.25, -0.2) is 4.98 Å². The molecule has 4 rings (SSSR count). The van der Waals surface area contributed by atoms with E-state index in [1.807, 2.05) is 42.5 Å². The van der Waals surface area contributed by atoms with Crippen LogP contribution in [0.3, 0.4) is 0 Å². The van der Waals surface area contributed by atoms with Gasteiger partial charge in [-0.2, -0.15) is 4.98 Å². The highest BCUT2D eigenvalue weighted by atomic mass is 35.5. The van der Waals surface area contributed by atoms with Crippen LogP contribution in [-0.4, -0.2) is 36.1 Å². The Bertz CT molecular complexity index is 878. The summed E-state index contributed by atoms with van der Waals surface area (Å²) in [6.45, 7) is 3.42. The summed E-state index contributed by atoms with van der Waals surface area (Å²) in [5.41, 5.74) is 8.06. The van der Waals surface area contributed by atoms with Crippen LogP contribution >= 0.6 is 24.0 Å². The standard InChI is InChI=1S/C18H18ClN5.ClH/c19-14-6-2-4-8-16(14)23-9-11-24(12-10-23)18-21-15-7-3-1-5-13(15)17(20)22-18;/h1-8H,9-12H2,(H2,20,21,22);1H. The molecular formula is C18H19Cl2N5. The predicted molar refractivity (Wildman–Crippen MR) is 107 cm³/mol. The van der Waals surface area contributed by atoms with Crippen molar-refractivity contribution < 1.29 is 0 Å². The van der Waals surface area contributed by atoms with Crippen LogP contribution in [0.5, 0.6) is 0 Å². The lowest BCUT2D eigenvalue weighted by molar-refractivity contribution is 0.641. The number of para-hydroxylation sites is 2. The quantitative estimate of drug-likeness (QED) is 0.741. The van der Waals surface area contributed by atoms with E-state index < -0.39 is 0 Å². The van der Waals surface area contributed by atoms with Crippen LogP contribution in [0.25, 0.3) is 10.9 Å². The Hall–Kier alpha value is -2.24. The first-order valence-corrected chi connectivity index (χ1v) is 8.37. The molecule has 1 aliphatic heterocycles. The maximum Gasteiger partial charge on any atom is 0.228 e. The molecule has 7 heteroatoms. The van der Waals surface area contributed by atoms with Gasteiger partial charge in [-0.05, 0) is 24.3 Å². The topological polar surface area (TPSA) is 58.3 Å². The molecule has 5 nitrogen and oxygen atoms in total. The van der Waals surface area contributed by atoms with Crippen molar-refractivity contribution in [3.63, 3.8) is 0 Å². The van der Waals surface area contributed by atoms with Gasteiger partial charge in [0.05, 0.1) is 16.2 Å². The molecule has 0 aliphatic carbocycles. The predicted octanol–water partition coefficient (Wildman–Crippen LogP) is 3.61. The zero-order valence-corrected chi connectivity index (χ0v) is 15.2. The second-order valence-corrected chi connectivity index (χ2v) is 6.26. The average molecular weight is 376 g/mol. The van der Waals surface area contributed by atoms with Gasteiger partial charge >= 0.3 is 0 Å². The molecule has 1 aliphatic rings. The summed E-state index contributed by atoms with van der Waals surface area (Å²) in [4.78, 5) is 13.6. The lowest BCUT2D eigenvalue weighted by Crippen LogP contribution is -2.47. The van der Waals surface area contributed by atoms with Crippen molar-refractivity contribution in [1.82, 2.24) is 9.97 Å². The third-order valence-electron chi connectivity index (χ3n) is 4.38. The Morgan fingerprint density at radius 2 is 1.48 bits per heavy atom. The molecule has 130 valence electrons. The molecular weight excluding hydrogens is 357 g/mol. The summed E-state index contributed by atoms with van der Waals surface area (Å²) < 4.78 is 0. The lowest BCUT2D eigenvalue weighted by Gasteiger charge is -2.36. The van der Waals surface area contributed by atoms with E-state index in [1.54, 1.807) is 0 Å². The molecule has 3 aromatic rings. The SMILES string of the molecule is Cl.Nc1nc(N2CCN(c3ccccc3Cl)CC2)nc2ccccc12. The Labute approximate surface area is 157 Å². The summed E-state index contributed by atoms with van der Waals surface area (Å²) in [5, 5.41) is 1.69. The molecule has 1 fully saturated rings. The maximum absolute atomic E-state index is 6.30.